The van der Waals surface area contributed by atoms with Gasteiger partial charge in [0.15, 0.2) is 5.76 Å². The van der Waals surface area contributed by atoms with Crippen molar-refractivity contribution in [1.82, 2.24) is 4.31 Å². The Morgan fingerprint density at radius 2 is 1.67 bits per heavy atom. The number of hydrogen-bond acceptors (Lipinski definition) is 5. The molecule has 1 aliphatic heterocycles. The van der Waals surface area contributed by atoms with Gasteiger partial charge >= 0.3 is 5.97 Å². The van der Waals surface area contributed by atoms with Gasteiger partial charge in [-0.15, -0.1) is 0 Å². The first kappa shape index (κ1) is 26.6. The van der Waals surface area contributed by atoms with Crippen molar-refractivity contribution in [2.75, 3.05) is 6.54 Å². The van der Waals surface area contributed by atoms with Gasteiger partial charge in [0.2, 0.25) is 5.78 Å². The van der Waals surface area contributed by atoms with Gasteiger partial charge in [-0.3, -0.25) is 9.10 Å². The lowest BCUT2D eigenvalue weighted by Crippen LogP contribution is -2.38. The highest BCUT2D eigenvalue weighted by Crippen LogP contribution is 2.40. The molecule has 0 aromatic heterocycles. The average Bonchev–Trinajstić information content (AvgIpc) is 2.93. The number of nitrogens with zero attached hydrogens (tertiary/aromatic N) is 1. The molecule has 0 saturated carbocycles. The van der Waals surface area contributed by atoms with E-state index in [1.165, 1.54) is 12.1 Å². The van der Waals surface area contributed by atoms with E-state index in [9.17, 15) is 22.4 Å². The number of Topliss-reactive ketones (excluding diaryl/α,β-unsaturated/α-hetero) is 1. The van der Waals surface area contributed by atoms with Crippen molar-refractivity contribution < 1.29 is 27.1 Å². The largest absolute Gasteiger partial charge is 0.420 e. The summed E-state index contributed by atoms with van der Waals surface area (Å²) >= 11 is 6.10. The van der Waals surface area contributed by atoms with Gasteiger partial charge in [0, 0.05) is 22.7 Å². The number of hydrogen-bond donors (Lipinski definition) is 0. The summed E-state index contributed by atoms with van der Waals surface area (Å²) in [6.07, 6.45) is 0.466. The Labute approximate surface area is 230 Å². The zero-order valence-electron chi connectivity index (χ0n) is 21.1. The molecule has 0 spiro atoms. The fraction of sp³-hybridized carbons (Fsp3) is 0.133. The average molecular weight is 564 g/mol. The maximum absolute atomic E-state index is 14.5. The lowest BCUT2D eigenvalue weighted by Gasteiger charge is -2.32. The van der Waals surface area contributed by atoms with Crippen molar-refractivity contribution >= 4 is 49.9 Å². The van der Waals surface area contributed by atoms with Crippen LogP contribution in [0.5, 0.6) is 0 Å². The minimum atomic E-state index is -4.27. The number of rotatable bonds is 6. The van der Waals surface area contributed by atoms with Crippen molar-refractivity contribution in [3.63, 3.8) is 0 Å². The molecule has 0 N–H and O–H groups in total. The summed E-state index contributed by atoms with van der Waals surface area (Å²) in [7, 11) is -4.27. The van der Waals surface area contributed by atoms with Crippen molar-refractivity contribution in [1.29, 1.82) is 0 Å². The third-order valence-electron chi connectivity index (χ3n) is 6.60. The zero-order valence-corrected chi connectivity index (χ0v) is 22.6. The van der Waals surface area contributed by atoms with E-state index in [1.807, 2.05) is 31.2 Å². The van der Waals surface area contributed by atoms with Gasteiger partial charge in [0.25, 0.3) is 10.0 Å². The first-order valence-electron chi connectivity index (χ1n) is 12.3. The van der Waals surface area contributed by atoms with Crippen LogP contribution >= 0.6 is 11.6 Å². The number of likely N-dealkylation sites (N-methyl/N-ethyl adjacent to an activating group) is 1. The van der Waals surface area contributed by atoms with Crippen molar-refractivity contribution in [3.8, 4) is 0 Å². The zero-order chi connectivity index (χ0) is 27.9. The van der Waals surface area contributed by atoms with Gasteiger partial charge < -0.3 is 4.74 Å². The fourth-order valence-corrected chi connectivity index (χ4v) is 6.55. The molecule has 1 heterocycles. The Hall–Kier alpha value is -4.01. The predicted octanol–water partition coefficient (Wildman–Crippen LogP) is 6.63. The van der Waals surface area contributed by atoms with E-state index in [0.29, 0.717) is 17.0 Å². The highest BCUT2D eigenvalue weighted by atomic mass is 35.5. The molecule has 39 heavy (non-hydrogen) atoms. The maximum atomic E-state index is 14.5. The molecule has 0 radical (unpaired) electrons. The Balaban J connectivity index is 1.75. The first-order valence-corrected chi connectivity index (χ1v) is 14.1. The molecule has 0 atom stereocenters. The molecule has 1 aliphatic rings. The molecule has 198 valence electrons. The number of benzene rings is 4. The van der Waals surface area contributed by atoms with E-state index in [0.717, 1.165) is 33.3 Å². The van der Waals surface area contributed by atoms with Gasteiger partial charge in [0.1, 0.15) is 11.5 Å². The number of allylic oxidation sites excluding steroid dienone is 1. The Morgan fingerprint density at radius 3 is 2.38 bits per heavy atom. The van der Waals surface area contributed by atoms with Gasteiger partial charge in [-0.2, -0.15) is 0 Å². The molecule has 9 heteroatoms. The summed E-state index contributed by atoms with van der Waals surface area (Å²) in [5.74, 6) is -2.59. The van der Waals surface area contributed by atoms with Crippen LogP contribution < -0.4 is 0 Å². The Morgan fingerprint density at radius 1 is 0.923 bits per heavy atom. The number of fused-ring (bicyclic) bond motifs is 2. The van der Waals surface area contributed by atoms with Crippen LogP contribution in [0.25, 0.3) is 16.5 Å². The first-order chi connectivity index (χ1) is 18.6. The van der Waals surface area contributed by atoms with E-state index in [1.54, 1.807) is 31.2 Å². The number of ketones is 1. The molecule has 0 unspecified atom stereocenters. The van der Waals surface area contributed by atoms with Crippen LogP contribution in [0.3, 0.4) is 0 Å². The van der Waals surface area contributed by atoms with Crippen molar-refractivity contribution in [3.05, 3.63) is 118 Å². The second-order valence-corrected chi connectivity index (χ2v) is 11.2. The topological polar surface area (TPSA) is 80.8 Å². The third-order valence-corrected chi connectivity index (χ3v) is 8.76. The number of sulfonamides is 1. The summed E-state index contributed by atoms with van der Waals surface area (Å²) in [4.78, 5) is 27.2. The molecule has 0 bridgehead atoms. The van der Waals surface area contributed by atoms with E-state index in [2.05, 4.69) is 0 Å². The summed E-state index contributed by atoms with van der Waals surface area (Å²) < 4.78 is 48.4. The predicted molar refractivity (Wildman–Crippen MR) is 147 cm³/mol. The van der Waals surface area contributed by atoms with Gasteiger partial charge in [-0.1, -0.05) is 54.9 Å². The molecule has 0 saturated heterocycles. The number of halogens is 2. The van der Waals surface area contributed by atoms with E-state index >= 15 is 0 Å². The standard InChI is InChI=1S/C30H23ClFNO5S/c1-3-18-16-22(31)11-13-24(18)30(35)38-29-25-17-23(32)12-14-26(25)39(36,37)33(4-2)27(29)28(34)21-10-9-19-7-5-6-8-20(19)15-21/h5-17H,3-4H2,1-2H3. The van der Waals surface area contributed by atoms with Gasteiger partial charge in [-0.05, 0) is 72.1 Å². The second-order valence-electron chi connectivity index (χ2n) is 8.92. The monoisotopic (exact) mass is 563 g/mol. The van der Waals surface area contributed by atoms with Crippen LogP contribution in [0.2, 0.25) is 5.02 Å². The Bertz CT molecular complexity index is 1800. The molecule has 0 aliphatic carbocycles. The summed E-state index contributed by atoms with van der Waals surface area (Å²) in [6.45, 7) is 3.27. The summed E-state index contributed by atoms with van der Waals surface area (Å²) in [6, 6.07) is 20.1. The number of carbonyl (C=O) groups excluding carboxylic acids is 2. The lowest BCUT2D eigenvalue weighted by atomic mass is 10.0. The minimum Gasteiger partial charge on any atom is -0.420 e. The van der Waals surface area contributed by atoms with Crippen LogP contribution in [0.4, 0.5) is 4.39 Å². The van der Waals surface area contributed by atoms with Crippen LogP contribution in [0.1, 0.15) is 45.7 Å². The SMILES string of the molecule is CCc1cc(Cl)ccc1C(=O)OC1=C(C(=O)c2ccc3ccccc3c2)N(CC)S(=O)(=O)c2ccc(F)cc21. The van der Waals surface area contributed by atoms with E-state index in [4.69, 9.17) is 16.3 Å². The Kier molecular flexibility index (Phi) is 7.01. The highest BCUT2D eigenvalue weighted by molar-refractivity contribution is 7.89. The number of ether oxygens (including phenoxy) is 1. The summed E-state index contributed by atoms with van der Waals surface area (Å²) in [5, 5.41) is 2.09. The van der Waals surface area contributed by atoms with Gasteiger partial charge in [-0.25, -0.2) is 17.6 Å². The summed E-state index contributed by atoms with van der Waals surface area (Å²) in [5.41, 5.74) is 0.411. The number of carbonyl (C=O) groups is 2. The normalized spacial score (nSPS) is 14.3. The van der Waals surface area contributed by atoms with Crippen molar-refractivity contribution in [2.24, 2.45) is 0 Å². The quantitative estimate of drug-likeness (QED) is 0.194. The molecule has 4 aromatic rings. The van der Waals surface area contributed by atoms with Crippen LogP contribution in [0.15, 0.2) is 89.5 Å². The maximum Gasteiger partial charge on any atom is 0.343 e. The number of aryl methyl sites for hydroxylation is 1. The lowest BCUT2D eigenvalue weighted by molar-refractivity contribution is 0.0684. The molecule has 5 rings (SSSR count). The van der Waals surface area contributed by atoms with Crippen LogP contribution in [-0.4, -0.2) is 31.0 Å². The van der Waals surface area contributed by atoms with Crippen LogP contribution in [-0.2, 0) is 21.2 Å². The molecule has 0 amide bonds. The molecule has 4 aromatic carbocycles. The van der Waals surface area contributed by atoms with E-state index in [-0.39, 0.29) is 39.6 Å². The molecular weight excluding hydrogens is 541 g/mol. The fourth-order valence-electron chi connectivity index (χ4n) is 4.70. The smallest absolute Gasteiger partial charge is 0.343 e. The molecule has 0 fully saturated rings. The van der Waals surface area contributed by atoms with Crippen molar-refractivity contribution in [2.45, 2.75) is 25.2 Å². The third kappa shape index (κ3) is 4.70. The molecular formula is C30H23ClFNO5S. The van der Waals surface area contributed by atoms with Crippen LogP contribution in [0, 0.1) is 5.82 Å². The highest BCUT2D eigenvalue weighted by Gasteiger charge is 2.41. The number of esters is 1. The minimum absolute atomic E-state index is 0.129. The van der Waals surface area contributed by atoms with E-state index < -0.39 is 27.6 Å². The molecule has 6 nitrogen and oxygen atoms in total. The van der Waals surface area contributed by atoms with Gasteiger partial charge in [0.05, 0.1) is 10.5 Å². The second kappa shape index (κ2) is 10.3.